The molecule has 0 saturated heterocycles. The lowest BCUT2D eigenvalue weighted by atomic mass is 10.00. The molecule has 0 saturated carbocycles. The highest BCUT2D eigenvalue weighted by Gasteiger charge is 2.15. The maximum Gasteiger partial charge on any atom is 0.220 e. The van der Waals surface area contributed by atoms with Crippen molar-refractivity contribution < 1.29 is 14.2 Å². The van der Waals surface area contributed by atoms with Crippen LogP contribution in [0.2, 0.25) is 0 Å². The van der Waals surface area contributed by atoms with Gasteiger partial charge in [0.1, 0.15) is 23.9 Å². The number of aromatic nitrogens is 2. The van der Waals surface area contributed by atoms with Crippen LogP contribution in [0.1, 0.15) is 5.56 Å². The van der Waals surface area contributed by atoms with Crippen LogP contribution in [0.5, 0.6) is 11.5 Å². The Morgan fingerprint density at radius 2 is 1.69 bits per heavy atom. The van der Waals surface area contributed by atoms with E-state index in [-0.39, 0.29) is 24.1 Å². The van der Waals surface area contributed by atoms with Gasteiger partial charge in [-0.25, -0.2) is 14.4 Å². The van der Waals surface area contributed by atoms with Crippen molar-refractivity contribution in [3.63, 3.8) is 0 Å². The predicted molar refractivity (Wildman–Crippen MR) is 110 cm³/mol. The number of nitrogens with zero attached hydrogens (tertiary/aromatic N) is 2. The van der Waals surface area contributed by atoms with Crippen molar-refractivity contribution in [2.75, 3.05) is 5.73 Å². The number of halogens is 1. The van der Waals surface area contributed by atoms with Crippen LogP contribution in [0.25, 0.3) is 22.4 Å². The molecule has 144 valence electrons. The first-order chi connectivity index (χ1) is 14.1. The molecular formula is C23H18FN3O2. The van der Waals surface area contributed by atoms with Gasteiger partial charge < -0.3 is 15.6 Å². The number of aromatic hydroxyl groups is 1. The van der Waals surface area contributed by atoms with Crippen molar-refractivity contribution in [2.45, 2.75) is 6.61 Å². The van der Waals surface area contributed by atoms with Crippen molar-refractivity contribution in [1.29, 1.82) is 0 Å². The van der Waals surface area contributed by atoms with E-state index in [0.29, 0.717) is 17.0 Å². The Morgan fingerprint density at radius 3 is 2.41 bits per heavy atom. The van der Waals surface area contributed by atoms with Crippen LogP contribution < -0.4 is 10.5 Å². The van der Waals surface area contributed by atoms with Gasteiger partial charge in [-0.1, -0.05) is 42.5 Å². The van der Waals surface area contributed by atoms with Gasteiger partial charge in [-0.2, -0.15) is 0 Å². The summed E-state index contributed by atoms with van der Waals surface area (Å²) >= 11 is 0. The third kappa shape index (κ3) is 4.16. The van der Waals surface area contributed by atoms with E-state index in [1.807, 2.05) is 30.3 Å². The largest absolute Gasteiger partial charge is 0.507 e. The molecule has 0 aliphatic heterocycles. The molecule has 6 heteroatoms. The maximum atomic E-state index is 13.0. The lowest BCUT2D eigenvalue weighted by Gasteiger charge is -2.12. The van der Waals surface area contributed by atoms with Crippen molar-refractivity contribution in [3.05, 3.63) is 90.4 Å². The number of hydrogen-bond donors (Lipinski definition) is 2. The van der Waals surface area contributed by atoms with Crippen LogP contribution >= 0.6 is 0 Å². The summed E-state index contributed by atoms with van der Waals surface area (Å²) in [6.07, 6.45) is 1.64. The highest BCUT2D eigenvalue weighted by Crippen LogP contribution is 2.37. The minimum Gasteiger partial charge on any atom is -0.507 e. The van der Waals surface area contributed by atoms with Gasteiger partial charge in [0, 0.05) is 23.4 Å². The fraction of sp³-hybridized carbons (Fsp3) is 0.0435. The lowest BCUT2D eigenvalue weighted by Crippen LogP contribution is -1.99. The average molecular weight is 387 g/mol. The number of nitrogens with two attached hydrogens (primary N) is 1. The molecule has 1 aromatic heterocycles. The zero-order valence-electron chi connectivity index (χ0n) is 15.4. The predicted octanol–water partition coefficient (Wildman–Crippen LogP) is 4.82. The first-order valence-electron chi connectivity index (χ1n) is 8.99. The average Bonchev–Trinajstić information content (AvgIpc) is 2.74. The number of hydrogen-bond acceptors (Lipinski definition) is 5. The van der Waals surface area contributed by atoms with E-state index in [1.54, 1.807) is 30.5 Å². The highest BCUT2D eigenvalue weighted by atomic mass is 19.1. The van der Waals surface area contributed by atoms with E-state index in [1.165, 1.54) is 18.2 Å². The van der Waals surface area contributed by atoms with Crippen LogP contribution in [0.3, 0.4) is 0 Å². The summed E-state index contributed by atoms with van der Waals surface area (Å²) in [7, 11) is 0. The number of anilines is 1. The molecule has 0 atom stereocenters. The third-order valence-electron chi connectivity index (χ3n) is 4.44. The number of ether oxygens (including phenoxy) is 1. The van der Waals surface area contributed by atoms with E-state index < -0.39 is 0 Å². The summed E-state index contributed by atoms with van der Waals surface area (Å²) in [6, 6.07) is 20.7. The van der Waals surface area contributed by atoms with Crippen molar-refractivity contribution >= 4 is 5.95 Å². The smallest absolute Gasteiger partial charge is 0.220 e. The third-order valence-corrected chi connectivity index (χ3v) is 4.44. The van der Waals surface area contributed by atoms with Gasteiger partial charge in [-0.3, -0.25) is 0 Å². The molecule has 1 heterocycles. The molecule has 0 radical (unpaired) electrons. The fourth-order valence-electron chi connectivity index (χ4n) is 2.98. The van der Waals surface area contributed by atoms with Crippen molar-refractivity contribution in [2.24, 2.45) is 0 Å². The molecule has 3 aromatic carbocycles. The molecule has 0 aliphatic rings. The zero-order valence-corrected chi connectivity index (χ0v) is 15.4. The Bertz CT molecular complexity index is 1130. The summed E-state index contributed by atoms with van der Waals surface area (Å²) in [5.74, 6) is 0.320. The van der Waals surface area contributed by atoms with Crippen LogP contribution in [0.4, 0.5) is 10.3 Å². The molecule has 3 N–H and O–H groups in total. The van der Waals surface area contributed by atoms with Crippen molar-refractivity contribution in [3.8, 4) is 33.9 Å². The molecule has 0 fully saturated rings. The molecule has 5 nitrogen and oxygen atoms in total. The minimum atomic E-state index is -0.297. The number of phenolic OH excluding ortho intramolecular Hbond substituents is 1. The van der Waals surface area contributed by atoms with Crippen LogP contribution in [0, 0.1) is 5.82 Å². The molecule has 29 heavy (non-hydrogen) atoms. The summed E-state index contributed by atoms with van der Waals surface area (Å²) in [6.45, 7) is 0.259. The molecule has 0 unspecified atom stereocenters. The van der Waals surface area contributed by atoms with E-state index in [4.69, 9.17) is 10.5 Å². The van der Waals surface area contributed by atoms with E-state index in [0.717, 1.165) is 16.7 Å². The molecule has 0 bridgehead atoms. The molecule has 0 amide bonds. The fourth-order valence-corrected chi connectivity index (χ4v) is 2.98. The molecule has 4 rings (SSSR count). The van der Waals surface area contributed by atoms with Crippen LogP contribution in [-0.2, 0) is 6.61 Å². The Labute approximate surface area is 167 Å². The normalized spacial score (nSPS) is 10.7. The van der Waals surface area contributed by atoms with Gasteiger partial charge in [0.15, 0.2) is 0 Å². The molecule has 0 spiro atoms. The number of benzene rings is 3. The standard InChI is InChI=1S/C23H18FN3O2/c24-17-8-6-15(7-9-17)14-29-18-10-11-19(21(28)12-18)22-20(13-26-23(25)27-22)16-4-2-1-3-5-16/h1-13,28H,14H2,(H2,25,26,27). The van der Waals surface area contributed by atoms with Gasteiger partial charge in [0.05, 0.1) is 5.69 Å². The first kappa shape index (κ1) is 18.4. The second-order valence-corrected chi connectivity index (χ2v) is 6.45. The Hall–Kier alpha value is -3.93. The Balaban J connectivity index is 1.63. The number of phenols is 1. The minimum absolute atomic E-state index is 0.0110. The summed E-state index contributed by atoms with van der Waals surface area (Å²) < 4.78 is 18.7. The van der Waals surface area contributed by atoms with Gasteiger partial charge in [-0.05, 0) is 35.4 Å². The first-order valence-corrected chi connectivity index (χ1v) is 8.99. The van der Waals surface area contributed by atoms with Gasteiger partial charge in [0.25, 0.3) is 0 Å². The summed E-state index contributed by atoms with van der Waals surface area (Å²) in [4.78, 5) is 8.43. The van der Waals surface area contributed by atoms with E-state index in [9.17, 15) is 9.50 Å². The van der Waals surface area contributed by atoms with Crippen molar-refractivity contribution in [1.82, 2.24) is 9.97 Å². The summed E-state index contributed by atoms with van der Waals surface area (Å²) in [5.41, 5.74) is 9.34. The molecule has 0 aliphatic carbocycles. The van der Waals surface area contributed by atoms with Gasteiger partial charge in [-0.15, -0.1) is 0 Å². The lowest BCUT2D eigenvalue weighted by molar-refractivity contribution is 0.304. The molecule has 4 aromatic rings. The maximum absolute atomic E-state index is 13.0. The Kier molecular flexibility index (Phi) is 5.07. The SMILES string of the molecule is Nc1ncc(-c2ccccc2)c(-c2ccc(OCc3ccc(F)cc3)cc2O)n1. The van der Waals surface area contributed by atoms with Gasteiger partial charge in [0.2, 0.25) is 5.95 Å². The topological polar surface area (TPSA) is 81.3 Å². The quantitative estimate of drug-likeness (QED) is 0.513. The monoisotopic (exact) mass is 387 g/mol. The number of rotatable bonds is 5. The summed E-state index contributed by atoms with van der Waals surface area (Å²) in [5, 5.41) is 10.6. The van der Waals surface area contributed by atoms with Crippen LogP contribution in [-0.4, -0.2) is 15.1 Å². The Morgan fingerprint density at radius 1 is 0.931 bits per heavy atom. The van der Waals surface area contributed by atoms with E-state index >= 15 is 0 Å². The number of nitrogen functional groups attached to an aromatic ring is 1. The van der Waals surface area contributed by atoms with Crippen LogP contribution in [0.15, 0.2) is 79.0 Å². The highest BCUT2D eigenvalue weighted by molar-refractivity contribution is 5.83. The second kappa shape index (κ2) is 7.98. The van der Waals surface area contributed by atoms with Gasteiger partial charge >= 0.3 is 0 Å². The van der Waals surface area contributed by atoms with E-state index in [2.05, 4.69) is 9.97 Å². The molecular weight excluding hydrogens is 369 g/mol. The zero-order chi connectivity index (χ0) is 20.2. The second-order valence-electron chi connectivity index (χ2n) is 6.45.